The summed E-state index contributed by atoms with van der Waals surface area (Å²) in [6.07, 6.45) is 0.903. The van der Waals surface area contributed by atoms with Crippen molar-refractivity contribution >= 4 is 15.9 Å². The van der Waals surface area contributed by atoms with Gasteiger partial charge in [0.05, 0.1) is 11.6 Å². The summed E-state index contributed by atoms with van der Waals surface area (Å²) in [4.78, 5) is 2.46. The average molecular weight is 355 g/mol. The Morgan fingerprint density at radius 3 is 2.71 bits per heavy atom. The molecule has 1 heterocycles. The Kier molecular flexibility index (Phi) is 5.67. The zero-order valence-electron chi connectivity index (χ0n) is 12.7. The van der Waals surface area contributed by atoms with Crippen molar-refractivity contribution in [1.29, 1.82) is 0 Å². The third-order valence-corrected chi connectivity index (χ3v) is 4.39. The second kappa shape index (κ2) is 7.29. The number of hydrogen-bond donors (Lipinski definition) is 2. The number of methoxy groups -OCH3 is 1. The standard InChI is InChI=1S/C16H23BrN2O2/c1-11(2)8-14(19-6-4-18-5-7-19)12-9-13(17)16(20)15(10-12)21-3/h9-10,14,18,20H,1,4-8H2,2-3H3/t14-/m1/s1. The lowest BCUT2D eigenvalue weighted by Crippen LogP contribution is -2.45. The molecule has 1 fully saturated rings. The minimum Gasteiger partial charge on any atom is -0.503 e. The van der Waals surface area contributed by atoms with E-state index in [2.05, 4.69) is 39.6 Å². The van der Waals surface area contributed by atoms with E-state index in [0.717, 1.165) is 43.7 Å². The number of phenolic OH excluding ortho intramolecular Hbond substituents is 1. The summed E-state index contributed by atoms with van der Waals surface area (Å²) in [5.41, 5.74) is 2.29. The van der Waals surface area contributed by atoms with Gasteiger partial charge in [-0.15, -0.1) is 6.58 Å². The molecule has 1 atom stereocenters. The largest absolute Gasteiger partial charge is 0.503 e. The van der Waals surface area contributed by atoms with Gasteiger partial charge < -0.3 is 15.2 Å². The summed E-state index contributed by atoms with van der Waals surface area (Å²) >= 11 is 3.41. The minimum absolute atomic E-state index is 0.149. The van der Waals surface area contributed by atoms with Gasteiger partial charge in [-0.2, -0.15) is 0 Å². The Bertz CT molecular complexity index is 513. The molecule has 0 saturated carbocycles. The van der Waals surface area contributed by atoms with E-state index in [-0.39, 0.29) is 11.8 Å². The third-order valence-electron chi connectivity index (χ3n) is 3.79. The fourth-order valence-corrected chi connectivity index (χ4v) is 3.18. The molecule has 1 saturated heterocycles. The molecule has 1 aliphatic heterocycles. The van der Waals surface area contributed by atoms with Gasteiger partial charge >= 0.3 is 0 Å². The van der Waals surface area contributed by atoms with Crippen LogP contribution in [0.25, 0.3) is 0 Å². The van der Waals surface area contributed by atoms with E-state index in [0.29, 0.717) is 10.2 Å². The number of hydrogen-bond acceptors (Lipinski definition) is 4. The van der Waals surface area contributed by atoms with Crippen molar-refractivity contribution in [3.05, 3.63) is 34.3 Å². The van der Waals surface area contributed by atoms with Crippen LogP contribution in [0.3, 0.4) is 0 Å². The summed E-state index contributed by atoms with van der Waals surface area (Å²) in [5.74, 6) is 0.650. The third kappa shape index (κ3) is 3.99. The lowest BCUT2D eigenvalue weighted by Gasteiger charge is -2.35. The molecule has 2 rings (SSSR count). The van der Waals surface area contributed by atoms with Crippen molar-refractivity contribution in [2.45, 2.75) is 19.4 Å². The predicted molar refractivity (Wildman–Crippen MR) is 89.0 cm³/mol. The maximum absolute atomic E-state index is 9.98. The molecule has 0 spiro atoms. The molecule has 1 aromatic carbocycles. The van der Waals surface area contributed by atoms with Crippen LogP contribution in [0.1, 0.15) is 24.9 Å². The lowest BCUT2D eigenvalue weighted by atomic mass is 9.97. The smallest absolute Gasteiger partial charge is 0.172 e. The van der Waals surface area contributed by atoms with Crippen LogP contribution in [-0.2, 0) is 0 Å². The zero-order valence-corrected chi connectivity index (χ0v) is 14.2. The fraction of sp³-hybridized carbons (Fsp3) is 0.500. The molecule has 4 nitrogen and oxygen atoms in total. The highest BCUT2D eigenvalue weighted by Gasteiger charge is 2.24. The van der Waals surface area contributed by atoms with Crippen LogP contribution in [0, 0.1) is 0 Å². The van der Waals surface area contributed by atoms with Gasteiger partial charge in [0.1, 0.15) is 0 Å². The number of ether oxygens (including phenoxy) is 1. The molecule has 21 heavy (non-hydrogen) atoms. The number of aromatic hydroxyl groups is 1. The van der Waals surface area contributed by atoms with Crippen molar-refractivity contribution in [1.82, 2.24) is 10.2 Å². The van der Waals surface area contributed by atoms with E-state index >= 15 is 0 Å². The monoisotopic (exact) mass is 354 g/mol. The first kappa shape index (κ1) is 16.3. The molecule has 2 N–H and O–H groups in total. The molecular weight excluding hydrogens is 332 g/mol. The Labute approximate surface area is 134 Å². The van der Waals surface area contributed by atoms with Crippen molar-refractivity contribution in [2.75, 3.05) is 33.3 Å². The average Bonchev–Trinajstić information content (AvgIpc) is 2.48. The van der Waals surface area contributed by atoms with E-state index in [1.54, 1.807) is 7.11 Å². The van der Waals surface area contributed by atoms with Crippen LogP contribution in [0.5, 0.6) is 11.5 Å². The second-order valence-corrected chi connectivity index (χ2v) is 6.37. The summed E-state index contributed by atoms with van der Waals surface area (Å²) in [5, 5.41) is 13.4. The Hall–Kier alpha value is -1.04. The summed E-state index contributed by atoms with van der Waals surface area (Å²) in [6, 6.07) is 4.17. The molecule has 0 aliphatic carbocycles. The molecular formula is C16H23BrN2O2. The van der Waals surface area contributed by atoms with Crippen LogP contribution in [0.2, 0.25) is 0 Å². The Balaban J connectivity index is 2.35. The number of rotatable bonds is 5. The molecule has 0 radical (unpaired) electrons. The van der Waals surface area contributed by atoms with Crippen LogP contribution in [0.4, 0.5) is 0 Å². The first-order chi connectivity index (χ1) is 10.0. The summed E-state index contributed by atoms with van der Waals surface area (Å²) in [6.45, 7) is 10.2. The van der Waals surface area contributed by atoms with Gasteiger partial charge in [0, 0.05) is 32.2 Å². The number of piperazine rings is 1. The van der Waals surface area contributed by atoms with Crippen molar-refractivity contribution in [3.63, 3.8) is 0 Å². The maximum atomic E-state index is 9.98. The van der Waals surface area contributed by atoms with Crippen LogP contribution in [0.15, 0.2) is 28.8 Å². The normalized spacial score (nSPS) is 17.5. The van der Waals surface area contributed by atoms with Crippen molar-refractivity contribution < 1.29 is 9.84 Å². The molecule has 0 unspecified atom stereocenters. The van der Waals surface area contributed by atoms with Gasteiger partial charge in [0.2, 0.25) is 0 Å². The number of halogens is 1. The van der Waals surface area contributed by atoms with Gasteiger partial charge in [-0.05, 0) is 47.0 Å². The van der Waals surface area contributed by atoms with Gasteiger partial charge in [-0.1, -0.05) is 5.57 Å². The van der Waals surface area contributed by atoms with E-state index < -0.39 is 0 Å². The number of phenols is 1. The van der Waals surface area contributed by atoms with Gasteiger partial charge in [0.15, 0.2) is 11.5 Å². The molecule has 116 valence electrons. The van der Waals surface area contributed by atoms with Crippen LogP contribution in [-0.4, -0.2) is 43.3 Å². The highest BCUT2D eigenvalue weighted by Crippen LogP contribution is 2.39. The predicted octanol–water partition coefficient (Wildman–Crippen LogP) is 3.08. The molecule has 1 aromatic rings. The number of nitrogens with zero attached hydrogens (tertiary/aromatic N) is 1. The highest BCUT2D eigenvalue weighted by atomic mass is 79.9. The SMILES string of the molecule is C=C(C)C[C@H](c1cc(Br)c(O)c(OC)c1)N1CCNCC1. The van der Waals surface area contributed by atoms with Gasteiger partial charge in [-0.3, -0.25) is 4.90 Å². The van der Waals surface area contributed by atoms with Crippen LogP contribution < -0.4 is 10.1 Å². The Morgan fingerprint density at radius 1 is 1.48 bits per heavy atom. The molecule has 0 aromatic heterocycles. The molecule has 0 amide bonds. The van der Waals surface area contributed by atoms with Crippen molar-refractivity contribution in [2.24, 2.45) is 0 Å². The highest BCUT2D eigenvalue weighted by molar-refractivity contribution is 9.10. The fourth-order valence-electron chi connectivity index (χ4n) is 2.72. The summed E-state index contributed by atoms with van der Waals surface area (Å²) in [7, 11) is 1.57. The summed E-state index contributed by atoms with van der Waals surface area (Å²) < 4.78 is 5.94. The lowest BCUT2D eigenvalue weighted by molar-refractivity contribution is 0.172. The number of benzene rings is 1. The Morgan fingerprint density at radius 2 is 2.14 bits per heavy atom. The topological polar surface area (TPSA) is 44.7 Å². The first-order valence-electron chi connectivity index (χ1n) is 7.18. The quantitative estimate of drug-likeness (QED) is 0.797. The van der Waals surface area contributed by atoms with Gasteiger partial charge in [-0.25, -0.2) is 0 Å². The van der Waals surface area contributed by atoms with Crippen molar-refractivity contribution in [3.8, 4) is 11.5 Å². The first-order valence-corrected chi connectivity index (χ1v) is 7.97. The zero-order chi connectivity index (χ0) is 15.4. The molecule has 1 aliphatic rings. The van der Waals surface area contributed by atoms with Crippen LogP contribution >= 0.6 is 15.9 Å². The van der Waals surface area contributed by atoms with E-state index in [1.807, 2.05) is 12.1 Å². The number of nitrogens with one attached hydrogen (secondary N) is 1. The molecule has 0 bridgehead atoms. The second-order valence-electron chi connectivity index (χ2n) is 5.52. The van der Waals surface area contributed by atoms with E-state index in [4.69, 9.17) is 4.74 Å². The maximum Gasteiger partial charge on any atom is 0.172 e. The van der Waals surface area contributed by atoms with E-state index in [9.17, 15) is 5.11 Å². The molecule has 5 heteroatoms. The van der Waals surface area contributed by atoms with Gasteiger partial charge in [0.25, 0.3) is 0 Å². The van der Waals surface area contributed by atoms with E-state index in [1.165, 1.54) is 0 Å². The minimum atomic E-state index is 0.149.